The second-order valence-electron chi connectivity index (χ2n) is 5.15. The standard InChI is InChI=1S/C13H25N3O4/c1-8(2)11(15-3)10(17)7-9(12(18)19)5-4-6-16-13(14)20/h8-9,11,15H,4-7H2,1-3H3,(H,18,19)(H3,14,16,20)/t9?,11-/m0/s1. The number of hydrogen-bond acceptors (Lipinski definition) is 4. The molecular weight excluding hydrogens is 262 g/mol. The van der Waals surface area contributed by atoms with Crippen LogP contribution in [0.15, 0.2) is 0 Å². The molecule has 5 N–H and O–H groups in total. The summed E-state index contributed by atoms with van der Waals surface area (Å²) < 4.78 is 0. The first-order valence-electron chi connectivity index (χ1n) is 6.75. The van der Waals surface area contributed by atoms with Gasteiger partial charge in [-0.25, -0.2) is 4.79 Å². The van der Waals surface area contributed by atoms with Crippen LogP contribution in [0.4, 0.5) is 4.79 Å². The van der Waals surface area contributed by atoms with E-state index in [0.29, 0.717) is 19.4 Å². The number of primary amides is 1. The van der Waals surface area contributed by atoms with Gasteiger partial charge in [0.1, 0.15) is 0 Å². The molecule has 0 fully saturated rings. The van der Waals surface area contributed by atoms with Crippen LogP contribution in [0.2, 0.25) is 0 Å². The number of Topliss-reactive ketones (excluding diaryl/α,β-unsaturated/α-hetero) is 1. The Bertz CT molecular complexity index is 345. The first-order valence-corrected chi connectivity index (χ1v) is 6.75. The van der Waals surface area contributed by atoms with Gasteiger partial charge in [0.05, 0.1) is 12.0 Å². The summed E-state index contributed by atoms with van der Waals surface area (Å²) in [6.07, 6.45) is 0.796. The largest absolute Gasteiger partial charge is 0.481 e. The highest BCUT2D eigenvalue weighted by atomic mass is 16.4. The molecule has 0 aliphatic rings. The molecule has 0 spiro atoms. The molecule has 0 saturated heterocycles. The predicted octanol–water partition coefficient (Wildman–Crippen LogP) is 0.339. The number of urea groups is 1. The summed E-state index contributed by atoms with van der Waals surface area (Å²) in [4.78, 5) is 33.7. The Labute approximate surface area is 119 Å². The lowest BCUT2D eigenvalue weighted by Gasteiger charge is -2.21. The summed E-state index contributed by atoms with van der Waals surface area (Å²) in [6.45, 7) is 4.13. The quantitative estimate of drug-likeness (QED) is 0.432. The van der Waals surface area contributed by atoms with Crippen LogP contribution in [-0.4, -0.2) is 42.5 Å². The lowest BCUT2D eigenvalue weighted by atomic mass is 9.90. The zero-order valence-electron chi connectivity index (χ0n) is 12.3. The van der Waals surface area contributed by atoms with Crippen molar-refractivity contribution in [2.45, 2.75) is 39.2 Å². The van der Waals surface area contributed by atoms with E-state index in [1.807, 2.05) is 13.8 Å². The fraction of sp³-hybridized carbons (Fsp3) is 0.769. The van der Waals surface area contributed by atoms with Crippen LogP contribution in [0.5, 0.6) is 0 Å². The van der Waals surface area contributed by atoms with Gasteiger partial charge in [0, 0.05) is 13.0 Å². The summed E-state index contributed by atoms with van der Waals surface area (Å²) in [6, 6.07) is -0.969. The van der Waals surface area contributed by atoms with E-state index in [2.05, 4.69) is 10.6 Å². The minimum absolute atomic E-state index is 0.00437. The van der Waals surface area contributed by atoms with E-state index in [-0.39, 0.29) is 24.2 Å². The van der Waals surface area contributed by atoms with Crippen molar-refractivity contribution in [3.8, 4) is 0 Å². The summed E-state index contributed by atoms with van der Waals surface area (Å²) in [7, 11) is 1.69. The molecule has 0 radical (unpaired) electrons. The number of hydrogen-bond donors (Lipinski definition) is 4. The highest BCUT2D eigenvalue weighted by molar-refractivity contribution is 5.88. The number of nitrogens with one attached hydrogen (secondary N) is 2. The normalized spacial score (nSPS) is 13.8. The number of amides is 2. The van der Waals surface area contributed by atoms with Gasteiger partial charge in [0.25, 0.3) is 0 Å². The second-order valence-corrected chi connectivity index (χ2v) is 5.15. The number of rotatable bonds is 10. The van der Waals surface area contributed by atoms with Crippen molar-refractivity contribution in [3.05, 3.63) is 0 Å². The topological polar surface area (TPSA) is 122 Å². The Morgan fingerprint density at radius 2 is 1.85 bits per heavy atom. The lowest BCUT2D eigenvalue weighted by molar-refractivity contribution is -0.144. The van der Waals surface area contributed by atoms with Gasteiger partial charge in [0.2, 0.25) is 0 Å². The van der Waals surface area contributed by atoms with Gasteiger partial charge in [-0.05, 0) is 25.8 Å². The molecule has 1 unspecified atom stereocenters. The average Bonchev–Trinajstić information content (AvgIpc) is 2.32. The van der Waals surface area contributed by atoms with Crippen LogP contribution >= 0.6 is 0 Å². The maximum atomic E-state index is 12.1. The van der Waals surface area contributed by atoms with E-state index in [1.165, 1.54) is 0 Å². The molecule has 0 aliphatic heterocycles. The van der Waals surface area contributed by atoms with Crippen molar-refractivity contribution >= 4 is 17.8 Å². The Morgan fingerprint density at radius 1 is 1.25 bits per heavy atom. The Kier molecular flexibility index (Phi) is 8.54. The molecule has 7 nitrogen and oxygen atoms in total. The highest BCUT2D eigenvalue weighted by Gasteiger charge is 2.26. The molecule has 0 aromatic carbocycles. The SMILES string of the molecule is CN[C@H](C(=O)CC(CCCNC(N)=O)C(=O)O)C(C)C. The van der Waals surface area contributed by atoms with E-state index in [9.17, 15) is 14.4 Å². The van der Waals surface area contributed by atoms with Gasteiger partial charge < -0.3 is 21.5 Å². The molecule has 0 aromatic heterocycles. The molecule has 2 atom stereocenters. The Hall–Kier alpha value is -1.63. The zero-order valence-corrected chi connectivity index (χ0v) is 12.3. The predicted molar refractivity (Wildman–Crippen MR) is 75.3 cm³/mol. The number of likely N-dealkylation sites (N-methyl/N-ethyl adjacent to an activating group) is 1. The summed E-state index contributed by atoms with van der Waals surface area (Å²) in [5, 5.41) is 14.4. The maximum absolute atomic E-state index is 12.1. The van der Waals surface area contributed by atoms with Crippen molar-refractivity contribution in [2.75, 3.05) is 13.6 Å². The molecule has 116 valence electrons. The first kappa shape index (κ1) is 18.4. The van der Waals surface area contributed by atoms with E-state index < -0.39 is 17.9 Å². The van der Waals surface area contributed by atoms with Gasteiger partial charge in [-0.3, -0.25) is 9.59 Å². The average molecular weight is 287 g/mol. The number of aliphatic carboxylic acids is 1. The number of nitrogens with two attached hydrogens (primary N) is 1. The number of carboxylic acid groups (broad SMARTS) is 1. The molecule has 7 heteroatoms. The molecular formula is C13H25N3O4. The zero-order chi connectivity index (χ0) is 15.7. The molecule has 0 saturated carbocycles. The molecule has 0 bridgehead atoms. The number of carbonyl (C=O) groups is 3. The van der Waals surface area contributed by atoms with Crippen molar-refractivity contribution in [3.63, 3.8) is 0 Å². The number of carbonyl (C=O) groups excluding carboxylic acids is 2. The fourth-order valence-electron chi connectivity index (χ4n) is 2.11. The minimum Gasteiger partial charge on any atom is -0.481 e. The van der Waals surface area contributed by atoms with Crippen LogP contribution < -0.4 is 16.4 Å². The smallest absolute Gasteiger partial charge is 0.312 e. The van der Waals surface area contributed by atoms with Crippen molar-refractivity contribution in [1.82, 2.24) is 10.6 Å². The van der Waals surface area contributed by atoms with Gasteiger partial charge >= 0.3 is 12.0 Å². The third kappa shape index (κ3) is 7.08. The van der Waals surface area contributed by atoms with Crippen LogP contribution in [0.25, 0.3) is 0 Å². The van der Waals surface area contributed by atoms with Gasteiger partial charge in [-0.15, -0.1) is 0 Å². The maximum Gasteiger partial charge on any atom is 0.312 e. The number of ketones is 1. The second kappa shape index (κ2) is 9.30. The summed E-state index contributed by atoms with van der Waals surface area (Å²) in [5.74, 6) is -1.71. The van der Waals surface area contributed by atoms with E-state index in [1.54, 1.807) is 7.05 Å². The Morgan fingerprint density at radius 3 is 2.25 bits per heavy atom. The third-order valence-corrected chi connectivity index (χ3v) is 3.15. The molecule has 20 heavy (non-hydrogen) atoms. The summed E-state index contributed by atoms with van der Waals surface area (Å²) >= 11 is 0. The first-order chi connectivity index (χ1) is 9.29. The van der Waals surface area contributed by atoms with Crippen molar-refractivity contribution < 1.29 is 19.5 Å². The molecule has 2 amide bonds. The minimum atomic E-state index is -0.990. The molecule has 0 heterocycles. The van der Waals surface area contributed by atoms with Crippen LogP contribution in [0.3, 0.4) is 0 Å². The van der Waals surface area contributed by atoms with E-state index in [4.69, 9.17) is 10.8 Å². The molecule has 0 aliphatic carbocycles. The van der Waals surface area contributed by atoms with E-state index in [0.717, 1.165) is 0 Å². The van der Waals surface area contributed by atoms with E-state index >= 15 is 0 Å². The fourth-order valence-corrected chi connectivity index (χ4v) is 2.11. The molecule has 0 rings (SSSR count). The van der Waals surface area contributed by atoms with Gasteiger partial charge in [-0.1, -0.05) is 13.8 Å². The van der Waals surface area contributed by atoms with Crippen LogP contribution in [0.1, 0.15) is 33.1 Å². The van der Waals surface area contributed by atoms with Crippen molar-refractivity contribution in [2.24, 2.45) is 17.6 Å². The monoisotopic (exact) mass is 287 g/mol. The Balaban J connectivity index is 4.36. The van der Waals surface area contributed by atoms with Gasteiger partial charge in [0.15, 0.2) is 5.78 Å². The third-order valence-electron chi connectivity index (χ3n) is 3.15. The van der Waals surface area contributed by atoms with Crippen LogP contribution in [0, 0.1) is 11.8 Å². The molecule has 0 aromatic rings. The van der Waals surface area contributed by atoms with Crippen molar-refractivity contribution in [1.29, 1.82) is 0 Å². The summed E-state index contributed by atoms with van der Waals surface area (Å²) in [5.41, 5.74) is 4.91. The van der Waals surface area contributed by atoms with Crippen LogP contribution in [-0.2, 0) is 9.59 Å². The van der Waals surface area contributed by atoms with Gasteiger partial charge in [-0.2, -0.15) is 0 Å². The lowest BCUT2D eigenvalue weighted by Crippen LogP contribution is -2.40. The highest BCUT2D eigenvalue weighted by Crippen LogP contribution is 2.15. The number of carboxylic acids is 1.